The zero-order valence-corrected chi connectivity index (χ0v) is 16.0. The van der Waals surface area contributed by atoms with E-state index in [4.69, 9.17) is 4.74 Å². The van der Waals surface area contributed by atoms with Crippen molar-refractivity contribution in [2.45, 2.75) is 23.8 Å². The minimum Gasteiger partial charge on any atom is -0.383 e. The van der Waals surface area contributed by atoms with Crippen LogP contribution in [0.4, 0.5) is 0 Å². The fourth-order valence-electron chi connectivity index (χ4n) is 3.06. The zero-order chi connectivity index (χ0) is 18.0. The van der Waals surface area contributed by atoms with E-state index in [0.717, 1.165) is 23.7 Å². The molecule has 0 saturated carbocycles. The van der Waals surface area contributed by atoms with Crippen molar-refractivity contribution >= 4 is 34.2 Å². The monoisotopic (exact) mass is 403 g/mol. The largest absolute Gasteiger partial charge is 0.383 e. The van der Waals surface area contributed by atoms with Crippen LogP contribution in [-0.4, -0.2) is 63.9 Å². The number of halogens is 1. The number of benzene rings is 1. The number of hydrogen-bond acceptors (Lipinski definition) is 6. The molecule has 1 saturated heterocycles. The standard InChI is InChI=1S/C16H21N3O5S.ClH/c1-24-8-7-19-16(21)13-5-4-11(9-14(13)25(19,22)23)15(20)18-12-3-2-6-17-10-12;/h4-5,9,12,17H,2-3,6-8,10H2,1H3,(H,18,20);1H/t12-;/m0./s1. The Kier molecular flexibility index (Phi) is 6.62. The number of carbonyl (C=O) groups is 2. The highest BCUT2D eigenvalue weighted by Gasteiger charge is 2.41. The molecule has 144 valence electrons. The molecule has 2 aliphatic rings. The number of amides is 2. The molecule has 0 spiro atoms. The van der Waals surface area contributed by atoms with Crippen LogP contribution in [0, 0.1) is 0 Å². The summed E-state index contributed by atoms with van der Waals surface area (Å²) < 4.78 is 30.8. The summed E-state index contributed by atoms with van der Waals surface area (Å²) in [6.45, 7) is 1.68. The molecule has 1 atom stereocenters. The van der Waals surface area contributed by atoms with Gasteiger partial charge in [-0.25, -0.2) is 12.7 Å². The summed E-state index contributed by atoms with van der Waals surface area (Å²) in [5, 5.41) is 6.10. The average molecular weight is 404 g/mol. The fraction of sp³-hybridized carbons (Fsp3) is 0.500. The van der Waals surface area contributed by atoms with Crippen molar-refractivity contribution in [3.05, 3.63) is 29.3 Å². The summed E-state index contributed by atoms with van der Waals surface area (Å²) in [4.78, 5) is 24.6. The minimum atomic E-state index is -3.95. The number of fused-ring (bicyclic) bond motifs is 1. The smallest absolute Gasteiger partial charge is 0.269 e. The van der Waals surface area contributed by atoms with Gasteiger partial charge in [0.2, 0.25) is 0 Å². The molecule has 2 N–H and O–H groups in total. The Morgan fingerprint density at radius 3 is 2.85 bits per heavy atom. The van der Waals surface area contributed by atoms with Gasteiger partial charge in [-0.1, -0.05) is 0 Å². The van der Waals surface area contributed by atoms with Crippen LogP contribution < -0.4 is 10.6 Å². The summed E-state index contributed by atoms with van der Waals surface area (Å²) >= 11 is 0. The molecule has 2 heterocycles. The number of nitrogens with one attached hydrogen (secondary N) is 2. The van der Waals surface area contributed by atoms with Crippen LogP contribution in [0.1, 0.15) is 33.6 Å². The third-order valence-electron chi connectivity index (χ3n) is 4.40. The average Bonchev–Trinajstić information content (AvgIpc) is 2.80. The lowest BCUT2D eigenvalue weighted by atomic mass is 10.1. The second-order valence-electron chi connectivity index (χ2n) is 6.10. The van der Waals surface area contributed by atoms with E-state index in [2.05, 4.69) is 10.6 Å². The van der Waals surface area contributed by atoms with Crippen LogP contribution in [0.15, 0.2) is 23.1 Å². The molecule has 1 aromatic rings. The molecule has 1 aromatic carbocycles. The van der Waals surface area contributed by atoms with Crippen LogP contribution in [0.3, 0.4) is 0 Å². The normalized spacial score (nSPS) is 21.0. The summed E-state index contributed by atoms with van der Waals surface area (Å²) in [6, 6.07) is 4.18. The van der Waals surface area contributed by atoms with Crippen molar-refractivity contribution in [2.75, 3.05) is 33.4 Å². The number of nitrogens with zero attached hydrogens (tertiary/aromatic N) is 1. The maximum atomic E-state index is 12.6. The fourth-order valence-corrected chi connectivity index (χ4v) is 4.63. The lowest BCUT2D eigenvalue weighted by Crippen LogP contribution is -2.45. The van der Waals surface area contributed by atoms with Crippen molar-refractivity contribution in [2.24, 2.45) is 0 Å². The Morgan fingerprint density at radius 2 is 2.19 bits per heavy atom. The van der Waals surface area contributed by atoms with Gasteiger partial charge in [0.05, 0.1) is 18.7 Å². The lowest BCUT2D eigenvalue weighted by Gasteiger charge is -2.23. The predicted octanol–water partition coefficient (Wildman–Crippen LogP) is 0.381. The molecule has 2 aliphatic heterocycles. The summed E-state index contributed by atoms with van der Waals surface area (Å²) in [7, 11) is -2.51. The Balaban J connectivity index is 0.00000243. The molecular formula is C16H22ClN3O5S. The number of methoxy groups -OCH3 is 1. The molecule has 0 aromatic heterocycles. The summed E-state index contributed by atoms with van der Waals surface area (Å²) in [5.74, 6) is -0.926. The number of sulfonamides is 1. The summed E-state index contributed by atoms with van der Waals surface area (Å²) in [5.41, 5.74) is 0.321. The van der Waals surface area contributed by atoms with Gasteiger partial charge in [-0.2, -0.15) is 0 Å². The van der Waals surface area contributed by atoms with E-state index in [-0.39, 0.29) is 53.5 Å². The third-order valence-corrected chi connectivity index (χ3v) is 6.22. The van der Waals surface area contributed by atoms with Gasteiger partial charge in [0.1, 0.15) is 4.90 Å². The van der Waals surface area contributed by atoms with Crippen LogP contribution >= 0.6 is 12.4 Å². The number of piperidine rings is 1. The first kappa shape index (κ1) is 20.6. The van der Waals surface area contributed by atoms with E-state index in [0.29, 0.717) is 6.54 Å². The second kappa shape index (κ2) is 8.34. The van der Waals surface area contributed by atoms with Gasteiger partial charge in [-0.3, -0.25) is 9.59 Å². The Labute approximate surface area is 158 Å². The maximum absolute atomic E-state index is 12.6. The number of hydrogen-bond donors (Lipinski definition) is 2. The quantitative estimate of drug-likeness (QED) is 0.736. The molecule has 0 radical (unpaired) electrons. The van der Waals surface area contributed by atoms with Crippen LogP contribution in [0.25, 0.3) is 0 Å². The first-order valence-electron chi connectivity index (χ1n) is 8.17. The number of ether oxygens (including phenoxy) is 1. The molecule has 1 fully saturated rings. The molecule has 2 amide bonds. The Bertz CT molecular complexity index is 793. The molecule has 26 heavy (non-hydrogen) atoms. The van der Waals surface area contributed by atoms with E-state index in [1.54, 1.807) is 0 Å². The number of rotatable bonds is 5. The van der Waals surface area contributed by atoms with Gasteiger partial charge in [0, 0.05) is 25.3 Å². The molecule has 0 bridgehead atoms. The van der Waals surface area contributed by atoms with E-state index < -0.39 is 15.9 Å². The van der Waals surface area contributed by atoms with E-state index in [1.165, 1.54) is 25.3 Å². The highest BCUT2D eigenvalue weighted by Crippen LogP contribution is 2.30. The highest BCUT2D eigenvalue weighted by molar-refractivity contribution is 7.90. The van der Waals surface area contributed by atoms with E-state index in [1.807, 2.05) is 0 Å². The molecule has 0 unspecified atom stereocenters. The van der Waals surface area contributed by atoms with Crippen molar-refractivity contribution in [3.63, 3.8) is 0 Å². The minimum absolute atomic E-state index is 0. The first-order chi connectivity index (χ1) is 11.9. The number of carbonyl (C=O) groups excluding carboxylic acids is 2. The SMILES string of the molecule is COCCN1C(=O)c2ccc(C(=O)N[C@H]3CCCNC3)cc2S1(=O)=O.Cl. The van der Waals surface area contributed by atoms with Gasteiger partial charge in [-0.15, -0.1) is 12.4 Å². The molecule has 3 rings (SSSR count). The maximum Gasteiger partial charge on any atom is 0.269 e. The van der Waals surface area contributed by atoms with Gasteiger partial charge >= 0.3 is 0 Å². The van der Waals surface area contributed by atoms with Crippen molar-refractivity contribution < 1.29 is 22.7 Å². The lowest BCUT2D eigenvalue weighted by molar-refractivity contribution is 0.0835. The van der Waals surface area contributed by atoms with Gasteiger partial charge in [-0.05, 0) is 37.6 Å². The van der Waals surface area contributed by atoms with E-state index >= 15 is 0 Å². The van der Waals surface area contributed by atoms with Crippen LogP contribution in [0.2, 0.25) is 0 Å². The van der Waals surface area contributed by atoms with E-state index in [9.17, 15) is 18.0 Å². The predicted molar refractivity (Wildman–Crippen MR) is 97.1 cm³/mol. The Morgan fingerprint density at radius 1 is 1.42 bits per heavy atom. The second-order valence-corrected chi connectivity index (χ2v) is 7.93. The van der Waals surface area contributed by atoms with Crippen LogP contribution in [0.5, 0.6) is 0 Å². The third kappa shape index (κ3) is 3.85. The zero-order valence-electron chi connectivity index (χ0n) is 14.4. The van der Waals surface area contributed by atoms with Crippen LogP contribution in [-0.2, 0) is 14.8 Å². The van der Waals surface area contributed by atoms with Gasteiger partial charge in [0.15, 0.2) is 0 Å². The summed E-state index contributed by atoms with van der Waals surface area (Å²) in [6.07, 6.45) is 1.86. The topological polar surface area (TPSA) is 105 Å². The van der Waals surface area contributed by atoms with Gasteiger partial charge < -0.3 is 15.4 Å². The first-order valence-corrected chi connectivity index (χ1v) is 9.61. The molecule has 0 aliphatic carbocycles. The van der Waals surface area contributed by atoms with Crippen molar-refractivity contribution in [3.8, 4) is 0 Å². The van der Waals surface area contributed by atoms with Gasteiger partial charge in [0.25, 0.3) is 21.8 Å². The van der Waals surface area contributed by atoms with Crippen molar-refractivity contribution in [1.29, 1.82) is 0 Å². The molecule has 8 nitrogen and oxygen atoms in total. The highest BCUT2D eigenvalue weighted by atomic mass is 35.5. The Hall–Kier alpha value is -1.68. The molecular weight excluding hydrogens is 382 g/mol. The van der Waals surface area contributed by atoms with Crippen molar-refractivity contribution in [1.82, 2.24) is 14.9 Å². The molecule has 10 heteroatoms.